The van der Waals surface area contributed by atoms with Gasteiger partial charge in [-0.25, -0.2) is 4.98 Å². The van der Waals surface area contributed by atoms with Crippen molar-refractivity contribution in [2.24, 2.45) is 5.73 Å². The molecule has 15 heavy (non-hydrogen) atoms. The van der Waals surface area contributed by atoms with Gasteiger partial charge in [-0.3, -0.25) is 9.36 Å². The van der Waals surface area contributed by atoms with Crippen LogP contribution in [0.1, 0.15) is 13.1 Å². The van der Waals surface area contributed by atoms with Gasteiger partial charge in [0.25, 0.3) is 5.56 Å². The van der Waals surface area contributed by atoms with E-state index in [1.807, 2.05) is 6.07 Å². The highest BCUT2D eigenvalue weighted by molar-refractivity contribution is 9.10. The number of benzene rings is 1. The first-order valence-corrected chi connectivity index (χ1v) is 5.31. The zero-order valence-corrected chi connectivity index (χ0v) is 9.73. The standard InChI is InChI=1S/C10H10BrN3O/c1-6(12)14-5-13-9-3-2-7(11)4-8(9)10(14)15/h2-6H,12H2,1H3. The third-order valence-electron chi connectivity index (χ3n) is 2.18. The topological polar surface area (TPSA) is 60.9 Å². The van der Waals surface area contributed by atoms with Crippen molar-refractivity contribution >= 4 is 26.8 Å². The number of hydrogen-bond acceptors (Lipinski definition) is 3. The van der Waals surface area contributed by atoms with E-state index in [0.717, 1.165) is 4.47 Å². The maximum atomic E-state index is 11.9. The molecule has 2 rings (SSSR count). The molecule has 0 saturated carbocycles. The Bertz CT molecular complexity index is 562. The van der Waals surface area contributed by atoms with Crippen molar-refractivity contribution in [1.82, 2.24) is 9.55 Å². The summed E-state index contributed by atoms with van der Waals surface area (Å²) in [5, 5.41) is 0.573. The van der Waals surface area contributed by atoms with Crippen LogP contribution in [0.2, 0.25) is 0 Å². The molecule has 1 unspecified atom stereocenters. The lowest BCUT2D eigenvalue weighted by molar-refractivity contribution is 0.547. The van der Waals surface area contributed by atoms with Gasteiger partial charge >= 0.3 is 0 Å². The van der Waals surface area contributed by atoms with Crippen LogP contribution in [0.15, 0.2) is 33.8 Å². The van der Waals surface area contributed by atoms with Crippen LogP contribution in [0.3, 0.4) is 0 Å². The summed E-state index contributed by atoms with van der Waals surface area (Å²) in [4.78, 5) is 16.1. The minimum absolute atomic E-state index is 0.115. The number of halogens is 1. The molecule has 0 spiro atoms. The molecule has 1 atom stereocenters. The van der Waals surface area contributed by atoms with E-state index >= 15 is 0 Å². The van der Waals surface area contributed by atoms with Gasteiger partial charge in [0, 0.05) is 4.47 Å². The molecule has 0 aliphatic rings. The Kier molecular flexibility index (Phi) is 2.58. The van der Waals surface area contributed by atoms with Crippen molar-refractivity contribution in [3.05, 3.63) is 39.4 Å². The first-order valence-electron chi connectivity index (χ1n) is 4.51. The Hall–Kier alpha value is -1.20. The molecule has 1 aromatic carbocycles. The van der Waals surface area contributed by atoms with Crippen LogP contribution in [-0.2, 0) is 0 Å². The summed E-state index contributed by atoms with van der Waals surface area (Å²) in [6.07, 6.45) is 1.11. The summed E-state index contributed by atoms with van der Waals surface area (Å²) in [6.45, 7) is 1.74. The van der Waals surface area contributed by atoms with Gasteiger partial charge < -0.3 is 5.73 Å². The molecular formula is C10H10BrN3O. The molecule has 4 nitrogen and oxygen atoms in total. The zero-order chi connectivity index (χ0) is 11.0. The second-order valence-electron chi connectivity index (χ2n) is 3.36. The lowest BCUT2D eigenvalue weighted by atomic mass is 10.2. The Labute approximate surface area is 94.9 Å². The van der Waals surface area contributed by atoms with Crippen molar-refractivity contribution in [2.45, 2.75) is 13.1 Å². The van der Waals surface area contributed by atoms with Crippen molar-refractivity contribution in [2.75, 3.05) is 0 Å². The molecule has 5 heteroatoms. The normalized spacial score (nSPS) is 13.0. The third-order valence-corrected chi connectivity index (χ3v) is 2.68. The fourth-order valence-electron chi connectivity index (χ4n) is 1.40. The van der Waals surface area contributed by atoms with Gasteiger partial charge in [0.2, 0.25) is 0 Å². The molecule has 1 aromatic heterocycles. The summed E-state index contributed by atoms with van der Waals surface area (Å²) >= 11 is 3.32. The average molecular weight is 268 g/mol. The van der Waals surface area contributed by atoms with Gasteiger partial charge in [-0.2, -0.15) is 0 Å². The zero-order valence-electron chi connectivity index (χ0n) is 8.14. The highest BCUT2D eigenvalue weighted by Gasteiger charge is 2.06. The second kappa shape index (κ2) is 3.75. The Morgan fingerprint density at radius 2 is 2.27 bits per heavy atom. The van der Waals surface area contributed by atoms with Crippen LogP contribution in [-0.4, -0.2) is 9.55 Å². The van der Waals surface area contributed by atoms with Crippen LogP contribution in [0.5, 0.6) is 0 Å². The van der Waals surface area contributed by atoms with Crippen molar-refractivity contribution < 1.29 is 0 Å². The SMILES string of the molecule is CC(N)n1cnc2ccc(Br)cc2c1=O. The Balaban J connectivity index is 2.83. The number of aromatic nitrogens is 2. The van der Waals surface area contributed by atoms with Gasteiger partial charge in [-0.1, -0.05) is 15.9 Å². The number of rotatable bonds is 1. The summed E-state index contributed by atoms with van der Waals surface area (Å²) < 4.78 is 2.27. The van der Waals surface area contributed by atoms with Crippen LogP contribution in [0, 0.1) is 0 Å². The van der Waals surface area contributed by atoms with E-state index in [2.05, 4.69) is 20.9 Å². The van der Waals surface area contributed by atoms with Crippen LogP contribution in [0.4, 0.5) is 0 Å². The van der Waals surface area contributed by atoms with Gasteiger partial charge in [0.1, 0.15) is 0 Å². The van der Waals surface area contributed by atoms with Crippen molar-refractivity contribution in [3.8, 4) is 0 Å². The van der Waals surface area contributed by atoms with Crippen molar-refractivity contribution in [3.63, 3.8) is 0 Å². The second-order valence-corrected chi connectivity index (χ2v) is 4.27. The molecule has 2 aromatic rings. The van der Waals surface area contributed by atoms with Crippen molar-refractivity contribution in [1.29, 1.82) is 0 Å². The largest absolute Gasteiger partial charge is 0.311 e. The first kappa shape index (κ1) is 10.3. The van der Waals surface area contributed by atoms with Gasteiger partial charge in [0.05, 0.1) is 23.4 Å². The molecule has 1 heterocycles. The minimum Gasteiger partial charge on any atom is -0.311 e. The molecule has 0 fully saturated rings. The fraction of sp³-hybridized carbons (Fsp3) is 0.200. The van der Waals surface area contributed by atoms with E-state index in [9.17, 15) is 4.79 Å². The number of fused-ring (bicyclic) bond motifs is 1. The molecular weight excluding hydrogens is 258 g/mol. The van der Waals surface area contributed by atoms with E-state index < -0.39 is 0 Å². The minimum atomic E-state index is -0.367. The molecule has 78 valence electrons. The summed E-state index contributed by atoms with van der Waals surface area (Å²) in [5.74, 6) is 0. The quantitative estimate of drug-likeness (QED) is 0.855. The number of nitrogens with two attached hydrogens (primary N) is 1. The maximum Gasteiger partial charge on any atom is 0.262 e. The summed E-state index contributed by atoms with van der Waals surface area (Å²) in [5.41, 5.74) is 6.22. The fourth-order valence-corrected chi connectivity index (χ4v) is 1.76. The monoisotopic (exact) mass is 267 g/mol. The van der Waals surface area contributed by atoms with E-state index in [4.69, 9.17) is 5.73 Å². The average Bonchev–Trinajstić information content (AvgIpc) is 2.19. The third kappa shape index (κ3) is 1.80. The lowest BCUT2D eigenvalue weighted by Crippen LogP contribution is -2.28. The van der Waals surface area contributed by atoms with Crippen LogP contribution < -0.4 is 11.3 Å². The molecule has 0 aliphatic carbocycles. The predicted molar refractivity (Wildman–Crippen MR) is 62.6 cm³/mol. The maximum absolute atomic E-state index is 11.9. The van der Waals surface area contributed by atoms with Gasteiger partial charge in [-0.15, -0.1) is 0 Å². The van der Waals surface area contributed by atoms with Crippen LogP contribution in [0.25, 0.3) is 10.9 Å². The van der Waals surface area contributed by atoms with E-state index in [-0.39, 0.29) is 11.7 Å². The Morgan fingerprint density at radius 1 is 1.53 bits per heavy atom. The smallest absolute Gasteiger partial charge is 0.262 e. The highest BCUT2D eigenvalue weighted by atomic mass is 79.9. The molecule has 0 saturated heterocycles. The Morgan fingerprint density at radius 3 is 2.93 bits per heavy atom. The molecule has 2 N–H and O–H groups in total. The first-order chi connectivity index (χ1) is 7.09. The number of hydrogen-bond donors (Lipinski definition) is 1. The summed E-state index contributed by atoms with van der Waals surface area (Å²) in [7, 11) is 0. The summed E-state index contributed by atoms with van der Waals surface area (Å²) in [6, 6.07) is 5.40. The molecule has 0 amide bonds. The van der Waals surface area contributed by atoms with E-state index in [0.29, 0.717) is 10.9 Å². The number of nitrogens with zero attached hydrogens (tertiary/aromatic N) is 2. The lowest BCUT2D eigenvalue weighted by Gasteiger charge is -2.09. The highest BCUT2D eigenvalue weighted by Crippen LogP contribution is 2.15. The van der Waals surface area contributed by atoms with E-state index in [1.165, 1.54) is 10.9 Å². The molecule has 0 radical (unpaired) electrons. The van der Waals surface area contributed by atoms with Gasteiger partial charge in [-0.05, 0) is 25.1 Å². The van der Waals surface area contributed by atoms with E-state index in [1.54, 1.807) is 19.1 Å². The predicted octanol–water partition coefficient (Wildman–Crippen LogP) is 1.64. The molecule has 0 bridgehead atoms. The molecule has 0 aliphatic heterocycles. The van der Waals surface area contributed by atoms with Crippen LogP contribution >= 0.6 is 15.9 Å². The van der Waals surface area contributed by atoms with Gasteiger partial charge in [0.15, 0.2) is 0 Å².